The van der Waals surface area contributed by atoms with Gasteiger partial charge in [0.1, 0.15) is 6.54 Å². The largest absolute Gasteiger partial charge is 0.348 e. The minimum absolute atomic E-state index is 0.0575. The van der Waals surface area contributed by atoms with Crippen molar-refractivity contribution in [3.05, 3.63) is 89.0 Å². The lowest BCUT2D eigenvalue weighted by molar-refractivity contribution is -0.122. The van der Waals surface area contributed by atoms with Crippen LogP contribution in [0.2, 0.25) is 0 Å². The van der Waals surface area contributed by atoms with E-state index >= 15 is 0 Å². The van der Waals surface area contributed by atoms with Crippen LogP contribution in [-0.4, -0.2) is 15.5 Å². The Morgan fingerprint density at radius 1 is 1.08 bits per heavy atom. The Kier molecular flexibility index (Phi) is 5.04. The molecule has 0 aliphatic heterocycles. The van der Waals surface area contributed by atoms with Gasteiger partial charge < -0.3 is 5.32 Å². The Morgan fingerprint density at radius 2 is 1.72 bits per heavy atom. The highest BCUT2D eigenvalue weighted by atomic mass is 16.2. The fourth-order valence-electron chi connectivity index (χ4n) is 2.58. The molecule has 25 heavy (non-hydrogen) atoms. The first-order valence-corrected chi connectivity index (χ1v) is 8.10. The second-order valence-electron chi connectivity index (χ2n) is 5.81. The zero-order valence-electron chi connectivity index (χ0n) is 13.9. The van der Waals surface area contributed by atoms with Crippen LogP contribution in [-0.2, 0) is 11.3 Å². The van der Waals surface area contributed by atoms with Gasteiger partial charge in [0.15, 0.2) is 0 Å². The third-order valence-electron chi connectivity index (χ3n) is 3.94. The first-order chi connectivity index (χ1) is 12.1. The molecule has 1 atom stereocenters. The normalized spacial score (nSPS) is 11.7. The van der Waals surface area contributed by atoms with Crippen LogP contribution in [0.5, 0.6) is 0 Å². The topological polar surface area (TPSA) is 64.0 Å². The highest BCUT2D eigenvalue weighted by Crippen LogP contribution is 2.13. The molecule has 126 valence electrons. The van der Waals surface area contributed by atoms with Gasteiger partial charge in [0.2, 0.25) is 5.91 Å². The lowest BCUT2D eigenvalue weighted by atomic mass is 10.1. The van der Waals surface area contributed by atoms with Crippen molar-refractivity contribution in [3.8, 4) is 11.3 Å². The van der Waals surface area contributed by atoms with Crippen LogP contribution in [0.4, 0.5) is 0 Å². The van der Waals surface area contributed by atoms with E-state index in [1.54, 1.807) is 0 Å². The molecule has 0 bridgehead atoms. The number of nitrogens with one attached hydrogen (secondary N) is 1. The van der Waals surface area contributed by atoms with Gasteiger partial charge in [0.25, 0.3) is 5.56 Å². The van der Waals surface area contributed by atoms with E-state index in [4.69, 9.17) is 0 Å². The third kappa shape index (κ3) is 4.20. The molecule has 0 aliphatic carbocycles. The van der Waals surface area contributed by atoms with Gasteiger partial charge >= 0.3 is 0 Å². The molecule has 0 spiro atoms. The molecule has 1 aromatic heterocycles. The molecule has 5 heteroatoms. The van der Waals surface area contributed by atoms with Crippen LogP contribution in [0.1, 0.15) is 18.5 Å². The first-order valence-electron chi connectivity index (χ1n) is 8.10. The molecule has 1 heterocycles. The molecule has 1 unspecified atom stereocenters. The number of hydrogen-bond donors (Lipinski definition) is 1. The number of amides is 1. The Morgan fingerprint density at radius 3 is 2.36 bits per heavy atom. The summed E-state index contributed by atoms with van der Waals surface area (Å²) in [6, 6.07) is 20.5. The summed E-state index contributed by atoms with van der Waals surface area (Å²) in [5, 5.41) is 2.89. The second-order valence-corrected chi connectivity index (χ2v) is 5.81. The number of hydrogen-bond acceptors (Lipinski definition) is 3. The molecular formula is C20H19N3O2. The average Bonchev–Trinajstić information content (AvgIpc) is 2.65. The fourth-order valence-corrected chi connectivity index (χ4v) is 2.58. The van der Waals surface area contributed by atoms with Gasteiger partial charge in [-0.25, -0.2) is 4.98 Å². The van der Waals surface area contributed by atoms with Crippen molar-refractivity contribution in [2.45, 2.75) is 19.5 Å². The summed E-state index contributed by atoms with van der Waals surface area (Å²) >= 11 is 0. The second kappa shape index (κ2) is 7.57. The maximum atomic E-state index is 12.2. The zero-order valence-corrected chi connectivity index (χ0v) is 13.9. The van der Waals surface area contributed by atoms with Crippen LogP contribution in [0.3, 0.4) is 0 Å². The van der Waals surface area contributed by atoms with E-state index in [9.17, 15) is 9.59 Å². The maximum absolute atomic E-state index is 12.2. The van der Waals surface area contributed by atoms with Gasteiger partial charge in [-0.1, -0.05) is 60.7 Å². The van der Waals surface area contributed by atoms with Crippen molar-refractivity contribution >= 4 is 5.91 Å². The monoisotopic (exact) mass is 333 g/mol. The highest BCUT2D eigenvalue weighted by molar-refractivity contribution is 5.76. The van der Waals surface area contributed by atoms with E-state index in [1.165, 1.54) is 17.0 Å². The number of carbonyl (C=O) groups excluding carboxylic acids is 1. The van der Waals surface area contributed by atoms with Gasteiger partial charge in [-0.05, 0) is 12.5 Å². The summed E-state index contributed by atoms with van der Waals surface area (Å²) in [6.45, 7) is 1.85. The lowest BCUT2D eigenvalue weighted by Gasteiger charge is -2.14. The molecule has 0 aliphatic rings. The molecule has 1 amide bonds. The van der Waals surface area contributed by atoms with Crippen molar-refractivity contribution < 1.29 is 4.79 Å². The molecule has 3 rings (SSSR count). The minimum Gasteiger partial charge on any atom is -0.348 e. The molecule has 0 radical (unpaired) electrons. The van der Waals surface area contributed by atoms with Gasteiger partial charge in [-0.2, -0.15) is 0 Å². The predicted molar refractivity (Wildman–Crippen MR) is 96.9 cm³/mol. The smallest absolute Gasteiger partial charge is 0.254 e. The number of aromatic nitrogens is 2. The summed E-state index contributed by atoms with van der Waals surface area (Å²) in [7, 11) is 0. The van der Waals surface area contributed by atoms with Crippen LogP contribution < -0.4 is 10.9 Å². The number of rotatable bonds is 5. The minimum atomic E-state index is -0.253. The Labute approximate surface area is 146 Å². The van der Waals surface area contributed by atoms with Crippen molar-refractivity contribution in [3.63, 3.8) is 0 Å². The van der Waals surface area contributed by atoms with Crippen LogP contribution in [0.25, 0.3) is 11.3 Å². The lowest BCUT2D eigenvalue weighted by Crippen LogP contribution is -2.33. The van der Waals surface area contributed by atoms with E-state index in [-0.39, 0.29) is 24.1 Å². The molecule has 1 N–H and O–H groups in total. The van der Waals surface area contributed by atoms with Gasteiger partial charge in [-0.3, -0.25) is 14.2 Å². The summed E-state index contributed by atoms with van der Waals surface area (Å²) in [5.74, 6) is -0.229. The molecule has 5 nitrogen and oxygen atoms in total. The quantitative estimate of drug-likeness (QED) is 0.781. The summed E-state index contributed by atoms with van der Waals surface area (Å²) in [6.07, 6.45) is 1.41. The molecule has 3 aromatic rings. The van der Waals surface area contributed by atoms with E-state index < -0.39 is 0 Å². The van der Waals surface area contributed by atoms with Crippen LogP contribution in [0.15, 0.2) is 77.9 Å². The summed E-state index contributed by atoms with van der Waals surface area (Å²) in [4.78, 5) is 28.7. The Balaban J connectivity index is 1.69. The van der Waals surface area contributed by atoms with Gasteiger partial charge in [-0.15, -0.1) is 0 Å². The highest BCUT2D eigenvalue weighted by Gasteiger charge is 2.11. The SMILES string of the molecule is CC(NC(=O)Cn1cnc(-c2ccccc2)cc1=O)c1ccccc1. The third-order valence-corrected chi connectivity index (χ3v) is 3.94. The fraction of sp³-hybridized carbons (Fsp3) is 0.150. The Hall–Kier alpha value is -3.21. The first kappa shape index (κ1) is 16.6. The van der Waals surface area contributed by atoms with Gasteiger partial charge in [0.05, 0.1) is 18.1 Å². The van der Waals surface area contributed by atoms with E-state index in [0.29, 0.717) is 5.69 Å². The summed E-state index contributed by atoms with van der Waals surface area (Å²) < 4.78 is 1.31. The predicted octanol–water partition coefficient (Wildman–Crippen LogP) is 2.79. The number of carbonyl (C=O) groups is 1. The van der Waals surface area contributed by atoms with Crippen molar-refractivity contribution in [2.75, 3.05) is 0 Å². The Bertz CT molecular complexity index is 905. The molecule has 2 aromatic carbocycles. The van der Waals surface area contributed by atoms with E-state index in [1.807, 2.05) is 67.6 Å². The molecular weight excluding hydrogens is 314 g/mol. The summed E-state index contributed by atoms with van der Waals surface area (Å²) in [5.41, 5.74) is 2.23. The van der Waals surface area contributed by atoms with Crippen molar-refractivity contribution in [1.82, 2.24) is 14.9 Å². The number of nitrogens with zero attached hydrogens (tertiary/aromatic N) is 2. The van der Waals surface area contributed by atoms with Gasteiger partial charge in [0, 0.05) is 11.6 Å². The van der Waals surface area contributed by atoms with Crippen LogP contribution in [0, 0.1) is 0 Å². The molecule has 0 saturated heterocycles. The van der Waals surface area contributed by atoms with Crippen LogP contribution >= 0.6 is 0 Å². The van der Waals surface area contributed by atoms with E-state index in [0.717, 1.165) is 11.1 Å². The zero-order chi connectivity index (χ0) is 17.6. The number of benzene rings is 2. The molecule has 0 fully saturated rings. The van der Waals surface area contributed by atoms with Crippen molar-refractivity contribution in [2.24, 2.45) is 0 Å². The van der Waals surface area contributed by atoms with E-state index in [2.05, 4.69) is 10.3 Å². The average molecular weight is 333 g/mol. The van der Waals surface area contributed by atoms with Crippen molar-refractivity contribution in [1.29, 1.82) is 0 Å². The molecule has 0 saturated carbocycles. The standard InChI is InChI=1S/C20H19N3O2/c1-15(16-8-4-2-5-9-16)22-19(24)13-23-14-21-18(12-20(23)25)17-10-6-3-7-11-17/h2-12,14-15H,13H2,1H3,(H,22,24). The maximum Gasteiger partial charge on any atom is 0.254 e.